The van der Waals surface area contributed by atoms with E-state index in [1.165, 1.54) is 6.08 Å². The van der Waals surface area contributed by atoms with E-state index >= 15 is 0 Å². The van der Waals surface area contributed by atoms with Gasteiger partial charge in [0.15, 0.2) is 0 Å². The molecule has 2 aromatic rings. The highest BCUT2D eigenvalue weighted by Gasteiger charge is 2.05. The molecule has 0 radical (unpaired) electrons. The number of nitrogens with one attached hydrogen (secondary N) is 1. The highest BCUT2D eigenvalue weighted by molar-refractivity contribution is 6.02. The summed E-state index contributed by atoms with van der Waals surface area (Å²) in [6.07, 6.45) is 6.71. The molecule has 5 nitrogen and oxygen atoms in total. The molecule has 1 aromatic carbocycles. The molecule has 1 aromatic heterocycles. The maximum Gasteiger partial charge on any atom is 0.248 e. The molecule has 0 spiro atoms. The largest absolute Gasteiger partial charge is 0.495 e. The number of aromatic nitrogens is 2. The SMILES string of the molecule is COc1ccc(C)cc1NC(=O)/C=C/c1cnn(C)c1. The smallest absolute Gasteiger partial charge is 0.248 e. The zero-order valence-corrected chi connectivity index (χ0v) is 11.8. The summed E-state index contributed by atoms with van der Waals surface area (Å²) < 4.78 is 6.90. The van der Waals surface area contributed by atoms with Crippen LogP contribution in [0.3, 0.4) is 0 Å². The maximum atomic E-state index is 11.9. The van der Waals surface area contributed by atoms with Crippen molar-refractivity contribution in [2.45, 2.75) is 6.92 Å². The van der Waals surface area contributed by atoms with Gasteiger partial charge in [0.2, 0.25) is 5.91 Å². The number of aryl methyl sites for hydroxylation is 2. The number of ether oxygens (including phenoxy) is 1. The number of hydrogen-bond donors (Lipinski definition) is 1. The van der Waals surface area contributed by atoms with E-state index in [1.54, 1.807) is 24.1 Å². The molecule has 5 heteroatoms. The van der Waals surface area contributed by atoms with Crippen LogP contribution in [-0.2, 0) is 11.8 Å². The third kappa shape index (κ3) is 3.47. The Labute approximate surface area is 117 Å². The van der Waals surface area contributed by atoms with Crippen LogP contribution in [0.2, 0.25) is 0 Å². The van der Waals surface area contributed by atoms with Crippen molar-refractivity contribution in [3.8, 4) is 5.75 Å². The number of anilines is 1. The molecule has 1 heterocycles. The Morgan fingerprint density at radius 1 is 1.45 bits per heavy atom. The molecule has 0 fully saturated rings. The average molecular weight is 271 g/mol. The van der Waals surface area contributed by atoms with Gasteiger partial charge < -0.3 is 10.1 Å². The van der Waals surface area contributed by atoms with Gasteiger partial charge >= 0.3 is 0 Å². The number of benzene rings is 1. The van der Waals surface area contributed by atoms with Crippen LogP contribution >= 0.6 is 0 Å². The monoisotopic (exact) mass is 271 g/mol. The van der Waals surface area contributed by atoms with Crippen molar-refractivity contribution in [1.82, 2.24) is 9.78 Å². The molecule has 0 unspecified atom stereocenters. The fourth-order valence-electron chi connectivity index (χ4n) is 1.79. The normalized spacial score (nSPS) is 10.8. The van der Waals surface area contributed by atoms with Crippen molar-refractivity contribution in [1.29, 1.82) is 0 Å². The third-order valence-electron chi connectivity index (χ3n) is 2.76. The molecular weight excluding hydrogens is 254 g/mol. The Hall–Kier alpha value is -2.56. The summed E-state index contributed by atoms with van der Waals surface area (Å²) >= 11 is 0. The third-order valence-corrected chi connectivity index (χ3v) is 2.76. The molecule has 0 bridgehead atoms. The van der Waals surface area contributed by atoms with Crippen LogP contribution in [0.25, 0.3) is 6.08 Å². The van der Waals surface area contributed by atoms with Crippen molar-refractivity contribution >= 4 is 17.7 Å². The first kappa shape index (κ1) is 13.9. The second-order valence-electron chi connectivity index (χ2n) is 4.47. The number of hydrogen-bond acceptors (Lipinski definition) is 3. The van der Waals surface area contributed by atoms with E-state index in [0.29, 0.717) is 11.4 Å². The van der Waals surface area contributed by atoms with E-state index in [1.807, 2.05) is 38.4 Å². The Kier molecular flexibility index (Phi) is 4.20. The predicted octanol–water partition coefficient (Wildman–Crippen LogP) is 2.39. The van der Waals surface area contributed by atoms with Gasteiger partial charge in [-0.05, 0) is 30.7 Å². The van der Waals surface area contributed by atoms with Crippen molar-refractivity contribution in [2.24, 2.45) is 7.05 Å². The highest BCUT2D eigenvalue weighted by atomic mass is 16.5. The summed E-state index contributed by atoms with van der Waals surface area (Å²) in [6.45, 7) is 1.96. The number of nitrogens with zero attached hydrogens (tertiary/aromatic N) is 2. The average Bonchev–Trinajstić information content (AvgIpc) is 2.83. The Morgan fingerprint density at radius 2 is 2.25 bits per heavy atom. The van der Waals surface area contributed by atoms with Crippen LogP contribution < -0.4 is 10.1 Å². The molecule has 0 aliphatic rings. The van der Waals surface area contributed by atoms with Crippen LogP contribution in [0.1, 0.15) is 11.1 Å². The number of carbonyl (C=O) groups is 1. The lowest BCUT2D eigenvalue weighted by atomic mass is 10.2. The van der Waals surface area contributed by atoms with E-state index < -0.39 is 0 Å². The maximum absolute atomic E-state index is 11.9. The number of carbonyl (C=O) groups excluding carboxylic acids is 1. The van der Waals surface area contributed by atoms with Gasteiger partial charge in [0.05, 0.1) is 19.0 Å². The van der Waals surface area contributed by atoms with Crippen LogP contribution in [0.4, 0.5) is 5.69 Å². The summed E-state index contributed by atoms with van der Waals surface area (Å²) in [5.41, 5.74) is 2.59. The van der Waals surface area contributed by atoms with E-state index in [0.717, 1.165) is 11.1 Å². The van der Waals surface area contributed by atoms with Gasteiger partial charge in [0, 0.05) is 24.9 Å². The zero-order valence-electron chi connectivity index (χ0n) is 11.8. The fraction of sp³-hybridized carbons (Fsp3) is 0.200. The minimum absolute atomic E-state index is 0.210. The molecule has 0 aliphatic carbocycles. The summed E-state index contributed by atoms with van der Waals surface area (Å²) in [7, 11) is 3.40. The number of amides is 1. The van der Waals surface area contributed by atoms with Gasteiger partial charge in [0.1, 0.15) is 5.75 Å². The predicted molar refractivity (Wildman–Crippen MR) is 78.6 cm³/mol. The molecule has 0 saturated heterocycles. The molecular formula is C15H17N3O2. The van der Waals surface area contributed by atoms with Gasteiger partial charge in [-0.2, -0.15) is 5.10 Å². The molecule has 20 heavy (non-hydrogen) atoms. The van der Waals surface area contributed by atoms with Crippen molar-refractivity contribution < 1.29 is 9.53 Å². The molecule has 0 saturated carbocycles. The van der Waals surface area contributed by atoms with Gasteiger partial charge in [-0.1, -0.05) is 6.07 Å². The Morgan fingerprint density at radius 3 is 2.90 bits per heavy atom. The van der Waals surface area contributed by atoms with Crippen LogP contribution in [0, 0.1) is 6.92 Å². The number of methoxy groups -OCH3 is 1. The quantitative estimate of drug-likeness (QED) is 0.869. The summed E-state index contributed by atoms with van der Waals surface area (Å²) in [6, 6.07) is 5.63. The van der Waals surface area contributed by atoms with E-state index in [4.69, 9.17) is 4.74 Å². The minimum Gasteiger partial charge on any atom is -0.495 e. The zero-order chi connectivity index (χ0) is 14.5. The van der Waals surface area contributed by atoms with Gasteiger partial charge in [0.25, 0.3) is 0 Å². The van der Waals surface area contributed by atoms with Crippen LogP contribution in [-0.4, -0.2) is 22.8 Å². The van der Waals surface area contributed by atoms with E-state index in [9.17, 15) is 4.79 Å². The lowest BCUT2D eigenvalue weighted by molar-refractivity contribution is -0.111. The van der Waals surface area contributed by atoms with Crippen LogP contribution in [0.5, 0.6) is 5.75 Å². The summed E-state index contributed by atoms with van der Waals surface area (Å²) in [4.78, 5) is 11.9. The van der Waals surface area contributed by atoms with Crippen LogP contribution in [0.15, 0.2) is 36.7 Å². The second kappa shape index (κ2) is 6.06. The first-order valence-electron chi connectivity index (χ1n) is 6.21. The van der Waals surface area contributed by atoms with Gasteiger partial charge in [-0.15, -0.1) is 0 Å². The van der Waals surface area contributed by atoms with Gasteiger partial charge in [-0.3, -0.25) is 9.48 Å². The van der Waals surface area contributed by atoms with Crippen molar-refractivity contribution in [2.75, 3.05) is 12.4 Å². The molecule has 0 atom stereocenters. The fourth-order valence-corrected chi connectivity index (χ4v) is 1.79. The van der Waals surface area contributed by atoms with E-state index in [2.05, 4.69) is 10.4 Å². The minimum atomic E-state index is -0.210. The van der Waals surface area contributed by atoms with Crippen molar-refractivity contribution in [3.63, 3.8) is 0 Å². The Balaban J connectivity index is 2.08. The van der Waals surface area contributed by atoms with Crippen molar-refractivity contribution in [3.05, 3.63) is 47.8 Å². The topological polar surface area (TPSA) is 56.1 Å². The first-order valence-corrected chi connectivity index (χ1v) is 6.21. The number of rotatable bonds is 4. The second-order valence-corrected chi connectivity index (χ2v) is 4.47. The molecule has 1 N–H and O–H groups in total. The Bertz CT molecular complexity index is 644. The van der Waals surface area contributed by atoms with Gasteiger partial charge in [-0.25, -0.2) is 0 Å². The molecule has 104 valence electrons. The van der Waals surface area contributed by atoms with E-state index in [-0.39, 0.29) is 5.91 Å². The summed E-state index contributed by atoms with van der Waals surface area (Å²) in [5, 5.41) is 6.83. The first-order chi connectivity index (χ1) is 9.58. The summed E-state index contributed by atoms with van der Waals surface area (Å²) in [5.74, 6) is 0.427. The lowest BCUT2D eigenvalue weighted by Crippen LogP contribution is -2.09. The lowest BCUT2D eigenvalue weighted by Gasteiger charge is -2.09. The standard InChI is InChI=1S/C15H17N3O2/c1-11-4-6-14(20-3)13(8-11)17-15(19)7-5-12-9-16-18(2)10-12/h4-10H,1-3H3,(H,17,19)/b7-5+. The molecule has 2 rings (SSSR count). The molecule has 0 aliphatic heterocycles. The molecule has 1 amide bonds. The highest BCUT2D eigenvalue weighted by Crippen LogP contribution is 2.25.